The number of anilines is 1. The summed E-state index contributed by atoms with van der Waals surface area (Å²) in [7, 11) is -2.19. The molecule has 202 valence electrons. The molecule has 9 heteroatoms. The van der Waals surface area contributed by atoms with Gasteiger partial charge in [0.2, 0.25) is 21.8 Å². The van der Waals surface area contributed by atoms with Gasteiger partial charge in [-0.15, -0.1) is 0 Å². The normalized spacial score (nSPS) is 15.0. The lowest BCUT2D eigenvalue weighted by molar-refractivity contribution is -0.140. The fraction of sp³-hybridized carbons (Fsp3) is 0.500. The number of rotatable bonds is 11. The van der Waals surface area contributed by atoms with Gasteiger partial charge in [0.25, 0.3) is 0 Å². The van der Waals surface area contributed by atoms with Crippen molar-refractivity contribution >= 4 is 27.5 Å². The number of aryl methyl sites for hydroxylation is 1. The van der Waals surface area contributed by atoms with Crippen molar-refractivity contribution in [3.05, 3.63) is 59.7 Å². The molecule has 2 aromatic rings. The molecule has 0 aliphatic heterocycles. The Morgan fingerprint density at radius 3 is 2.41 bits per heavy atom. The van der Waals surface area contributed by atoms with Crippen molar-refractivity contribution in [3.63, 3.8) is 0 Å². The molecule has 2 aromatic carbocycles. The first kappa shape index (κ1) is 28.5. The number of nitrogens with one attached hydrogen (secondary N) is 1. The average Bonchev–Trinajstić information content (AvgIpc) is 2.87. The molecule has 37 heavy (non-hydrogen) atoms. The molecule has 1 fully saturated rings. The minimum Gasteiger partial charge on any atom is -0.497 e. The molecule has 3 rings (SSSR count). The van der Waals surface area contributed by atoms with Crippen LogP contribution < -0.4 is 14.4 Å². The molecule has 1 unspecified atom stereocenters. The summed E-state index contributed by atoms with van der Waals surface area (Å²) in [5, 5.41) is 3.15. The molecule has 1 aliphatic rings. The zero-order valence-corrected chi connectivity index (χ0v) is 23.1. The zero-order chi connectivity index (χ0) is 27.0. The van der Waals surface area contributed by atoms with Crippen molar-refractivity contribution in [2.75, 3.05) is 24.2 Å². The van der Waals surface area contributed by atoms with E-state index in [9.17, 15) is 18.0 Å². The quantitative estimate of drug-likeness (QED) is 0.474. The van der Waals surface area contributed by atoms with E-state index in [0.717, 1.165) is 47.4 Å². The van der Waals surface area contributed by atoms with E-state index in [4.69, 9.17) is 4.74 Å². The SMILES string of the molecule is CCC(C(=O)NC1CCCCC1)N(Cc1cccc(OC)c1)C(=O)CN(c1cccc(C)c1)S(C)(=O)=O. The summed E-state index contributed by atoms with van der Waals surface area (Å²) < 4.78 is 31.9. The van der Waals surface area contributed by atoms with E-state index in [1.165, 1.54) is 11.3 Å². The van der Waals surface area contributed by atoms with E-state index in [0.29, 0.717) is 17.9 Å². The molecule has 0 saturated heterocycles. The van der Waals surface area contributed by atoms with Crippen LogP contribution in [0.2, 0.25) is 0 Å². The van der Waals surface area contributed by atoms with Crippen LogP contribution in [0, 0.1) is 6.92 Å². The summed E-state index contributed by atoms with van der Waals surface area (Å²) in [4.78, 5) is 28.8. The number of hydrogen-bond donors (Lipinski definition) is 1. The monoisotopic (exact) mass is 529 g/mol. The maximum Gasteiger partial charge on any atom is 0.244 e. The second-order valence-corrected chi connectivity index (χ2v) is 11.7. The lowest BCUT2D eigenvalue weighted by Crippen LogP contribution is -2.53. The highest BCUT2D eigenvalue weighted by atomic mass is 32.2. The predicted octanol–water partition coefficient (Wildman–Crippen LogP) is 4.03. The van der Waals surface area contributed by atoms with Crippen molar-refractivity contribution in [3.8, 4) is 5.75 Å². The fourth-order valence-electron chi connectivity index (χ4n) is 4.83. The predicted molar refractivity (Wildman–Crippen MR) is 146 cm³/mol. The fourth-order valence-corrected chi connectivity index (χ4v) is 5.67. The van der Waals surface area contributed by atoms with Gasteiger partial charge in [0, 0.05) is 12.6 Å². The highest BCUT2D eigenvalue weighted by Gasteiger charge is 2.32. The molecular formula is C28H39N3O5S. The van der Waals surface area contributed by atoms with Gasteiger partial charge in [-0.05, 0) is 61.6 Å². The van der Waals surface area contributed by atoms with Gasteiger partial charge >= 0.3 is 0 Å². The summed E-state index contributed by atoms with van der Waals surface area (Å²) in [6.07, 6.45) is 6.68. The van der Waals surface area contributed by atoms with Crippen LogP contribution in [0.3, 0.4) is 0 Å². The highest BCUT2D eigenvalue weighted by Crippen LogP contribution is 2.23. The van der Waals surface area contributed by atoms with Gasteiger partial charge in [-0.2, -0.15) is 0 Å². The van der Waals surface area contributed by atoms with E-state index in [1.807, 2.05) is 44.2 Å². The summed E-state index contributed by atoms with van der Waals surface area (Å²) in [5.74, 6) is -0.00497. The van der Waals surface area contributed by atoms with E-state index in [-0.39, 0.29) is 18.5 Å². The zero-order valence-electron chi connectivity index (χ0n) is 22.3. The number of ether oxygens (including phenoxy) is 1. The van der Waals surface area contributed by atoms with Crippen molar-refractivity contribution in [1.29, 1.82) is 0 Å². The lowest BCUT2D eigenvalue weighted by atomic mass is 9.95. The van der Waals surface area contributed by atoms with Crippen LogP contribution >= 0.6 is 0 Å². The molecule has 0 bridgehead atoms. The number of amides is 2. The molecule has 1 aliphatic carbocycles. The Balaban J connectivity index is 1.92. The third-order valence-corrected chi connectivity index (χ3v) is 7.93. The van der Waals surface area contributed by atoms with Crippen molar-refractivity contribution in [1.82, 2.24) is 10.2 Å². The molecule has 1 N–H and O–H groups in total. The lowest BCUT2D eigenvalue weighted by Gasteiger charge is -2.34. The minimum absolute atomic E-state index is 0.101. The Hall–Kier alpha value is -3.07. The standard InChI is InChI=1S/C28H39N3O5S/c1-5-26(28(33)29-23-13-7-6-8-14-23)30(19-22-12-10-16-25(18-22)36-3)27(32)20-31(37(4,34)35)24-15-9-11-21(2)17-24/h9-12,15-18,23,26H,5-8,13-14,19-20H2,1-4H3,(H,29,33). The van der Waals surface area contributed by atoms with E-state index >= 15 is 0 Å². The second-order valence-electron chi connectivity index (χ2n) is 9.75. The summed E-state index contributed by atoms with van der Waals surface area (Å²) in [6, 6.07) is 13.7. The Morgan fingerprint density at radius 1 is 1.08 bits per heavy atom. The number of hydrogen-bond acceptors (Lipinski definition) is 5. The third kappa shape index (κ3) is 7.95. The number of carbonyl (C=O) groups excluding carboxylic acids is 2. The topological polar surface area (TPSA) is 96.0 Å². The number of carbonyl (C=O) groups is 2. The molecular weight excluding hydrogens is 490 g/mol. The van der Waals surface area contributed by atoms with Gasteiger partial charge < -0.3 is 15.0 Å². The largest absolute Gasteiger partial charge is 0.497 e. The van der Waals surface area contributed by atoms with Crippen LogP contribution in [0.4, 0.5) is 5.69 Å². The van der Waals surface area contributed by atoms with Gasteiger partial charge in [0.15, 0.2) is 0 Å². The Bertz CT molecular complexity index is 1180. The first-order valence-corrected chi connectivity index (χ1v) is 14.7. The van der Waals surface area contributed by atoms with Crippen LogP contribution in [-0.4, -0.2) is 57.1 Å². The maximum absolute atomic E-state index is 13.8. The molecule has 0 spiro atoms. The van der Waals surface area contributed by atoms with Crippen molar-refractivity contribution in [2.45, 2.75) is 71.0 Å². The first-order valence-electron chi connectivity index (χ1n) is 12.9. The van der Waals surface area contributed by atoms with E-state index in [2.05, 4.69) is 5.32 Å². The van der Waals surface area contributed by atoms with Gasteiger partial charge in [-0.1, -0.05) is 50.5 Å². The van der Waals surface area contributed by atoms with Crippen molar-refractivity contribution in [2.24, 2.45) is 0 Å². The van der Waals surface area contributed by atoms with Crippen LogP contribution in [-0.2, 0) is 26.2 Å². The van der Waals surface area contributed by atoms with Crippen LogP contribution in [0.1, 0.15) is 56.6 Å². The van der Waals surface area contributed by atoms with Gasteiger partial charge in [0.1, 0.15) is 18.3 Å². The molecule has 8 nitrogen and oxygen atoms in total. The molecule has 1 atom stereocenters. The summed E-state index contributed by atoms with van der Waals surface area (Å²) in [5.41, 5.74) is 2.08. The summed E-state index contributed by atoms with van der Waals surface area (Å²) >= 11 is 0. The molecule has 1 saturated carbocycles. The molecule has 0 heterocycles. The van der Waals surface area contributed by atoms with Gasteiger partial charge in [0.05, 0.1) is 19.1 Å². The first-order chi connectivity index (χ1) is 17.6. The number of methoxy groups -OCH3 is 1. The number of benzene rings is 2. The Kier molecular flexibility index (Phi) is 9.97. The van der Waals surface area contributed by atoms with Gasteiger partial charge in [-0.3, -0.25) is 13.9 Å². The van der Waals surface area contributed by atoms with Crippen LogP contribution in [0.25, 0.3) is 0 Å². The average molecular weight is 530 g/mol. The van der Waals surface area contributed by atoms with Gasteiger partial charge in [-0.25, -0.2) is 8.42 Å². The highest BCUT2D eigenvalue weighted by molar-refractivity contribution is 7.92. The minimum atomic E-state index is -3.76. The molecule has 0 radical (unpaired) electrons. The third-order valence-electron chi connectivity index (χ3n) is 6.79. The maximum atomic E-state index is 13.8. The Labute approximate surface area is 221 Å². The van der Waals surface area contributed by atoms with Crippen LogP contribution in [0.5, 0.6) is 5.75 Å². The second kappa shape index (κ2) is 12.9. The molecule has 0 aromatic heterocycles. The van der Waals surface area contributed by atoms with E-state index < -0.39 is 28.5 Å². The Morgan fingerprint density at radius 2 is 1.78 bits per heavy atom. The van der Waals surface area contributed by atoms with Crippen LogP contribution in [0.15, 0.2) is 48.5 Å². The number of nitrogens with zero attached hydrogens (tertiary/aromatic N) is 2. The number of sulfonamides is 1. The van der Waals surface area contributed by atoms with Crippen molar-refractivity contribution < 1.29 is 22.7 Å². The summed E-state index contributed by atoms with van der Waals surface area (Å²) in [6.45, 7) is 3.48. The van der Waals surface area contributed by atoms with E-state index in [1.54, 1.807) is 25.3 Å². The molecule has 2 amide bonds. The smallest absolute Gasteiger partial charge is 0.244 e.